The summed E-state index contributed by atoms with van der Waals surface area (Å²) in [6, 6.07) is 1.82. The van der Waals surface area contributed by atoms with Gasteiger partial charge in [-0.15, -0.1) is 6.58 Å². The van der Waals surface area contributed by atoms with Gasteiger partial charge in [-0.1, -0.05) is 6.08 Å². The molecule has 1 atom stereocenters. The second kappa shape index (κ2) is 3.80. The zero-order valence-corrected chi connectivity index (χ0v) is 9.19. The van der Waals surface area contributed by atoms with Crippen LogP contribution in [0.3, 0.4) is 0 Å². The molecule has 2 aromatic heterocycles. The van der Waals surface area contributed by atoms with Gasteiger partial charge in [-0.25, -0.2) is 19.3 Å². The number of aromatic nitrogens is 4. The summed E-state index contributed by atoms with van der Waals surface area (Å²) in [5.41, 5.74) is 0.277. The maximum atomic E-state index is 11.4. The number of aryl methyl sites for hydroxylation is 1. The van der Waals surface area contributed by atoms with Gasteiger partial charge < -0.3 is 5.32 Å². The van der Waals surface area contributed by atoms with Gasteiger partial charge in [0.2, 0.25) is 0 Å². The van der Waals surface area contributed by atoms with Crippen LogP contribution in [0.15, 0.2) is 23.5 Å². The smallest absolute Gasteiger partial charge is 0.349 e. The summed E-state index contributed by atoms with van der Waals surface area (Å²) < 4.78 is 1.42. The molecule has 0 aliphatic carbocycles. The Morgan fingerprint density at radius 2 is 2.44 bits per heavy atom. The fourth-order valence-electron chi connectivity index (χ4n) is 1.46. The molecule has 16 heavy (non-hydrogen) atoms. The lowest BCUT2D eigenvalue weighted by Crippen LogP contribution is -2.16. The number of H-pyrrole nitrogens is 1. The fourth-order valence-corrected chi connectivity index (χ4v) is 1.46. The molecular weight excluding hydrogens is 206 g/mol. The minimum absolute atomic E-state index is 0.111. The molecule has 1 unspecified atom stereocenters. The van der Waals surface area contributed by atoms with Crippen molar-refractivity contribution < 1.29 is 0 Å². The van der Waals surface area contributed by atoms with Crippen LogP contribution in [0.1, 0.15) is 12.7 Å². The van der Waals surface area contributed by atoms with Gasteiger partial charge >= 0.3 is 5.69 Å². The van der Waals surface area contributed by atoms with E-state index in [1.807, 2.05) is 6.92 Å². The van der Waals surface area contributed by atoms with Crippen molar-refractivity contribution >= 4 is 11.5 Å². The zero-order valence-electron chi connectivity index (χ0n) is 9.19. The van der Waals surface area contributed by atoms with Crippen LogP contribution in [0.4, 0.5) is 5.82 Å². The van der Waals surface area contributed by atoms with Crippen molar-refractivity contribution in [3.05, 3.63) is 35.0 Å². The van der Waals surface area contributed by atoms with Crippen LogP contribution >= 0.6 is 0 Å². The molecule has 0 radical (unpaired) electrons. The van der Waals surface area contributed by atoms with E-state index in [2.05, 4.69) is 27.1 Å². The molecule has 0 saturated heterocycles. The highest BCUT2D eigenvalue weighted by Crippen LogP contribution is 2.09. The van der Waals surface area contributed by atoms with E-state index < -0.39 is 0 Å². The van der Waals surface area contributed by atoms with E-state index in [4.69, 9.17) is 0 Å². The Morgan fingerprint density at radius 3 is 3.12 bits per heavy atom. The number of fused-ring (bicyclic) bond motifs is 1. The summed E-state index contributed by atoms with van der Waals surface area (Å²) in [5.74, 6) is 1.27. The average Bonchev–Trinajstić information content (AvgIpc) is 2.60. The molecule has 0 saturated carbocycles. The number of nitrogens with zero attached hydrogens (tertiary/aromatic N) is 3. The first-order chi connectivity index (χ1) is 7.61. The summed E-state index contributed by atoms with van der Waals surface area (Å²) in [5, 5.41) is 9.41. The topological polar surface area (TPSA) is 75.1 Å². The molecule has 2 aromatic rings. The highest BCUT2D eigenvalue weighted by Gasteiger charge is 2.07. The van der Waals surface area contributed by atoms with Crippen LogP contribution < -0.4 is 11.0 Å². The van der Waals surface area contributed by atoms with E-state index >= 15 is 0 Å². The molecule has 2 rings (SSSR count). The molecular formula is C10H13N5O. The van der Waals surface area contributed by atoms with Gasteiger partial charge in [0.15, 0.2) is 5.65 Å². The Morgan fingerprint density at radius 1 is 1.69 bits per heavy atom. The van der Waals surface area contributed by atoms with Crippen LogP contribution in [-0.2, 0) is 0 Å². The first kappa shape index (κ1) is 10.4. The van der Waals surface area contributed by atoms with Gasteiger partial charge in [0.05, 0.1) is 0 Å². The largest absolute Gasteiger partial charge is 0.364 e. The van der Waals surface area contributed by atoms with Gasteiger partial charge in [0.25, 0.3) is 0 Å². The Labute approximate surface area is 92.0 Å². The summed E-state index contributed by atoms with van der Waals surface area (Å²) in [7, 11) is 0. The van der Waals surface area contributed by atoms with Gasteiger partial charge in [-0.2, -0.15) is 5.10 Å². The van der Waals surface area contributed by atoms with Crippen LogP contribution in [0.5, 0.6) is 0 Å². The summed E-state index contributed by atoms with van der Waals surface area (Å²) in [6.07, 6.45) is 1.78. The zero-order chi connectivity index (χ0) is 11.7. The Balaban J connectivity index is 2.50. The van der Waals surface area contributed by atoms with Crippen LogP contribution in [0.2, 0.25) is 0 Å². The minimum Gasteiger partial charge on any atom is -0.364 e. The minimum atomic E-state index is -0.275. The highest BCUT2D eigenvalue weighted by molar-refractivity contribution is 5.50. The lowest BCUT2D eigenvalue weighted by atomic mass is 10.3. The van der Waals surface area contributed by atoms with Crippen molar-refractivity contribution in [3.8, 4) is 0 Å². The van der Waals surface area contributed by atoms with Gasteiger partial charge in [-0.05, 0) is 13.8 Å². The Kier molecular flexibility index (Phi) is 2.47. The number of anilines is 1. The third-order valence-electron chi connectivity index (χ3n) is 2.30. The van der Waals surface area contributed by atoms with E-state index in [9.17, 15) is 4.79 Å². The summed E-state index contributed by atoms with van der Waals surface area (Å²) >= 11 is 0. The molecule has 0 fully saturated rings. The number of hydrogen-bond acceptors (Lipinski definition) is 4. The van der Waals surface area contributed by atoms with E-state index in [1.54, 1.807) is 19.1 Å². The summed E-state index contributed by atoms with van der Waals surface area (Å²) in [6.45, 7) is 7.40. The third-order valence-corrected chi connectivity index (χ3v) is 2.30. The van der Waals surface area contributed by atoms with Gasteiger partial charge in [0, 0.05) is 12.1 Å². The molecule has 0 amide bonds. The van der Waals surface area contributed by atoms with E-state index in [0.29, 0.717) is 17.3 Å². The summed E-state index contributed by atoms with van der Waals surface area (Å²) in [4.78, 5) is 15.6. The molecule has 0 spiro atoms. The molecule has 2 N–H and O–H groups in total. The first-order valence-corrected chi connectivity index (χ1v) is 4.95. The van der Waals surface area contributed by atoms with E-state index in [1.165, 1.54) is 4.40 Å². The second-order valence-corrected chi connectivity index (χ2v) is 3.58. The third kappa shape index (κ3) is 1.69. The second-order valence-electron chi connectivity index (χ2n) is 3.58. The number of hydrogen-bond donors (Lipinski definition) is 2. The van der Waals surface area contributed by atoms with Gasteiger partial charge in [0.1, 0.15) is 11.6 Å². The average molecular weight is 219 g/mol. The SMILES string of the molecule is C=CC(C)Nc1cc2n[nH]c(=O)n2c(C)n1. The van der Waals surface area contributed by atoms with Crippen molar-refractivity contribution in [3.63, 3.8) is 0 Å². The van der Waals surface area contributed by atoms with E-state index in [0.717, 1.165) is 0 Å². The van der Waals surface area contributed by atoms with Crippen molar-refractivity contribution in [1.82, 2.24) is 19.6 Å². The maximum absolute atomic E-state index is 11.4. The molecule has 6 nitrogen and oxygen atoms in total. The first-order valence-electron chi connectivity index (χ1n) is 4.95. The van der Waals surface area contributed by atoms with Crippen LogP contribution in [0, 0.1) is 6.92 Å². The molecule has 0 aromatic carbocycles. The van der Waals surface area contributed by atoms with Crippen molar-refractivity contribution in [2.75, 3.05) is 5.32 Å². The lowest BCUT2D eigenvalue weighted by molar-refractivity contribution is 0.917. The Hall–Kier alpha value is -2.11. The predicted molar refractivity (Wildman–Crippen MR) is 61.6 cm³/mol. The van der Waals surface area contributed by atoms with Crippen LogP contribution in [-0.4, -0.2) is 25.6 Å². The normalized spacial score (nSPS) is 12.6. The van der Waals surface area contributed by atoms with Crippen molar-refractivity contribution in [1.29, 1.82) is 0 Å². The molecule has 0 aliphatic heterocycles. The standard InChI is InChI=1S/C10H13N5O/c1-4-6(2)11-8-5-9-13-14-10(16)15(9)7(3)12-8/h4-6,11H,1H2,2-3H3,(H,14,16). The van der Waals surface area contributed by atoms with Gasteiger partial charge in [-0.3, -0.25) is 0 Å². The van der Waals surface area contributed by atoms with Crippen LogP contribution in [0.25, 0.3) is 5.65 Å². The fraction of sp³-hybridized carbons (Fsp3) is 0.300. The maximum Gasteiger partial charge on any atom is 0.349 e. The molecule has 6 heteroatoms. The monoisotopic (exact) mass is 219 g/mol. The predicted octanol–water partition coefficient (Wildman–Crippen LogP) is 0.712. The highest BCUT2D eigenvalue weighted by atomic mass is 16.1. The molecule has 2 heterocycles. The number of nitrogens with one attached hydrogen (secondary N) is 2. The van der Waals surface area contributed by atoms with E-state index in [-0.39, 0.29) is 11.7 Å². The van der Waals surface area contributed by atoms with Crippen molar-refractivity contribution in [2.45, 2.75) is 19.9 Å². The number of rotatable bonds is 3. The Bertz CT molecular complexity index is 582. The molecule has 84 valence electrons. The van der Waals surface area contributed by atoms with Crippen molar-refractivity contribution in [2.24, 2.45) is 0 Å². The molecule has 0 aliphatic rings. The number of aromatic amines is 1. The molecule has 0 bridgehead atoms. The lowest BCUT2D eigenvalue weighted by Gasteiger charge is -2.10. The quantitative estimate of drug-likeness (QED) is 0.745.